The molecule has 0 unspecified atom stereocenters. The molecular formula is C17H18OSe. The van der Waals surface area contributed by atoms with Gasteiger partial charge in [-0.1, -0.05) is 0 Å². The first-order chi connectivity index (χ1) is 9.22. The van der Waals surface area contributed by atoms with Gasteiger partial charge in [0.1, 0.15) is 0 Å². The van der Waals surface area contributed by atoms with Crippen molar-refractivity contribution < 1.29 is 4.79 Å². The molecule has 0 amide bonds. The summed E-state index contributed by atoms with van der Waals surface area (Å²) in [5.41, 5.74) is 0. The van der Waals surface area contributed by atoms with Crippen LogP contribution in [0.15, 0.2) is 42.5 Å². The van der Waals surface area contributed by atoms with Crippen LogP contribution in [0.3, 0.4) is 0 Å². The molecule has 1 aromatic carbocycles. The van der Waals surface area contributed by atoms with Crippen molar-refractivity contribution in [2.75, 3.05) is 0 Å². The van der Waals surface area contributed by atoms with Gasteiger partial charge in [0, 0.05) is 0 Å². The summed E-state index contributed by atoms with van der Waals surface area (Å²) in [5, 5.41) is 0. The first kappa shape index (κ1) is 11.9. The van der Waals surface area contributed by atoms with E-state index in [2.05, 4.69) is 49.4 Å². The Bertz CT molecular complexity index is 550. The van der Waals surface area contributed by atoms with E-state index in [1.54, 1.807) is 0 Å². The maximum absolute atomic E-state index is 12.4. The van der Waals surface area contributed by atoms with Gasteiger partial charge in [0.2, 0.25) is 0 Å². The third kappa shape index (κ3) is 1.50. The minimum absolute atomic E-state index is 0.283. The summed E-state index contributed by atoms with van der Waals surface area (Å²) in [6, 6.07) is 10.8. The molecule has 3 aliphatic rings. The molecule has 3 aliphatic carbocycles. The Morgan fingerprint density at radius 2 is 2.00 bits per heavy atom. The van der Waals surface area contributed by atoms with Crippen molar-refractivity contribution in [3.8, 4) is 0 Å². The molecule has 0 aliphatic heterocycles. The van der Waals surface area contributed by atoms with E-state index >= 15 is 0 Å². The topological polar surface area (TPSA) is 17.1 Å². The summed E-state index contributed by atoms with van der Waals surface area (Å²) in [4.78, 5) is 12.4. The van der Waals surface area contributed by atoms with E-state index in [1.165, 1.54) is 10.9 Å². The zero-order valence-electron chi connectivity index (χ0n) is 11.1. The zero-order chi connectivity index (χ0) is 13.0. The van der Waals surface area contributed by atoms with Gasteiger partial charge in [-0.3, -0.25) is 0 Å². The number of hydrogen-bond acceptors (Lipinski definition) is 1. The van der Waals surface area contributed by atoms with E-state index in [1.807, 2.05) is 0 Å². The molecule has 0 aromatic heterocycles. The van der Waals surface area contributed by atoms with Gasteiger partial charge in [0.05, 0.1) is 0 Å². The van der Waals surface area contributed by atoms with Crippen molar-refractivity contribution >= 4 is 25.2 Å². The number of rotatable bonds is 2. The summed E-state index contributed by atoms with van der Waals surface area (Å²) in [5.74, 6) is 2.64. The molecule has 2 saturated carbocycles. The average molecular weight is 317 g/mol. The molecule has 5 atom stereocenters. The quantitative estimate of drug-likeness (QED) is 0.605. The molecule has 19 heavy (non-hydrogen) atoms. The molecule has 0 radical (unpaired) electrons. The second-order valence-corrected chi connectivity index (χ2v) is 9.11. The maximum atomic E-state index is 12.4. The van der Waals surface area contributed by atoms with Gasteiger partial charge in [0.25, 0.3) is 0 Å². The second-order valence-electron chi connectivity index (χ2n) is 6.21. The van der Waals surface area contributed by atoms with E-state index < -0.39 is 0 Å². The van der Waals surface area contributed by atoms with Crippen molar-refractivity contribution in [1.29, 1.82) is 0 Å². The molecule has 2 bridgehead atoms. The van der Waals surface area contributed by atoms with Crippen molar-refractivity contribution in [3.63, 3.8) is 0 Å². The van der Waals surface area contributed by atoms with Crippen molar-refractivity contribution in [2.45, 2.75) is 24.1 Å². The Labute approximate surface area is 120 Å². The van der Waals surface area contributed by atoms with Crippen molar-refractivity contribution in [1.82, 2.24) is 0 Å². The van der Waals surface area contributed by atoms with Gasteiger partial charge >= 0.3 is 120 Å². The van der Waals surface area contributed by atoms with Gasteiger partial charge in [-0.05, 0) is 0 Å². The predicted octanol–water partition coefficient (Wildman–Crippen LogP) is 2.61. The molecule has 0 saturated heterocycles. The van der Waals surface area contributed by atoms with E-state index in [0.717, 1.165) is 6.42 Å². The second kappa shape index (κ2) is 4.07. The Hall–Kier alpha value is -0.851. The fourth-order valence-electron chi connectivity index (χ4n) is 4.56. The van der Waals surface area contributed by atoms with Gasteiger partial charge < -0.3 is 0 Å². The first-order valence-electron chi connectivity index (χ1n) is 7.17. The Kier molecular flexibility index (Phi) is 2.56. The molecule has 0 N–H and O–H groups in total. The van der Waals surface area contributed by atoms with Crippen LogP contribution in [-0.4, -0.2) is 20.7 Å². The molecular weight excluding hydrogens is 299 g/mol. The summed E-state index contributed by atoms with van der Waals surface area (Å²) in [6.45, 7) is 2.32. The van der Waals surface area contributed by atoms with E-state index in [-0.39, 0.29) is 4.31 Å². The molecule has 0 heterocycles. The monoisotopic (exact) mass is 318 g/mol. The van der Waals surface area contributed by atoms with E-state index in [9.17, 15) is 4.79 Å². The fraction of sp³-hybridized carbons (Fsp3) is 0.471. The van der Waals surface area contributed by atoms with Gasteiger partial charge in [0.15, 0.2) is 0 Å². The summed E-state index contributed by atoms with van der Waals surface area (Å²) in [7, 11) is 0. The van der Waals surface area contributed by atoms with Crippen LogP contribution in [0.1, 0.15) is 19.8 Å². The van der Waals surface area contributed by atoms with Crippen LogP contribution in [0.25, 0.3) is 0 Å². The minimum atomic E-state index is 0.283. The Morgan fingerprint density at radius 1 is 1.21 bits per heavy atom. The van der Waals surface area contributed by atoms with Crippen LogP contribution >= 0.6 is 0 Å². The molecule has 2 heteroatoms. The van der Waals surface area contributed by atoms with E-state index in [4.69, 9.17) is 0 Å². The predicted molar refractivity (Wildman–Crippen MR) is 77.5 cm³/mol. The number of hydrogen-bond donors (Lipinski definition) is 0. The van der Waals surface area contributed by atoms with Gasteiger partial charge in [-0.15, -0.1) is 0 Å². The third-order valence-corrected chi connectivity index (χ3v) is 9.09. The molecule has 4 rings (SSSR count). The molecule has 98 valence electrons. The summed E-state index contributed by atoms with van der Waals surface area (Å²) in [6.07, 6.45) is 6.79. The number of ketones is 1. The number of carbonyl (C=O) groups excluding carboxylic acids is 1. The zero-order valence-corrected chi connectivity index (χ0v) is 12.8. The third-order valence-electron chi connectivity index (χ3n) is 5.27. The number of benzene rings is 1. The average Bonchev–Trinajstić information content (AvgIpc) is 3.05. The van der Waals surface area contributed by atoms with Crippen LogP contribution in [0.5, 0.6) is 0 Å². The van der Waals surface area contributed by atoms with Crippen LogP contribution in [0, 0.1) is 23.7 Å². The number of Topliss-reactive ketones (excluding diaryl/α,β-unsaturated/α-hetero) is 1. The normalized spacial score (nSPS) is 42.9. The first-order valence-corrected chi connectivity index (χ1v) is 8.88. The number of fused-ring (bicyclic) bond motifs is 5. The SMILES string of the molecule is C[C@H]1CC(=O)[C@H]2[C@H]3C=C[C@H](C3)[C@@]12[Se]c1ccccc1. The Balaban J connectivity index is 1.78. The Morgan fingerprint density at radius 3 is 2.79 bits per heavy atom. The molecule has 1 nitrogen and oxygen atoms in total. The molecule has 2 fully saturated rings. The molecule has 0 spiro atoms. The van der Waals surface area contributed by atoms with Crippen molar-refractivity contribution in [2.24, 2.45) is 23.7 Å². The van der Waals surface area contributed by atoms with Gasteiger partial charge in [-0.25, -0.2) is 0 Å². The number of allylic oxidation sites excluding steroid dienone is 2. The number of carbonyl (C=O) groups is 1. The molecule has 1 aromatic rings. The van der Waals surface area contributed by atoms with Crippen LogP contribution < -0.4 is 4.46 Å². The van der Waals surface area contributed by atoms with E-state index in [0.29, 0.717) is 44.4 Å². The summed E-state index contributed by atoms with van der Waals surface area (Å²) >= 11 is 0.411. The fourth-order valence-corrected chi connectivity index (χ4v) is 8.22. The van der Waals surface area contributed by atoms with Gasteiger partial charge in [-0.2, -0.15) is 0 Å². The van der Waals surface area contributed by atoms with Crippen LogP contribution in [-0.2, 0) is 4.79 Å². The summed E-state index contributed by atoms with van der Waals surface area (Å²) < 4.78 is 1.74. The van der Waals surface area contributed by atoms with Crippen molar-refractivity contribution in [3.05, 3.63) is 42.5 Å². The standard InChI is InChI=1S/C17H18OSe/c1-11-9-15(18)16-12-7-8-13(10-12)17(11,16)19-14-5-3-2-4-6-14/h2-8,11-13,16H,9-10H2,1H3/t11-,12-,13+,16+,17-/m0/s1. The van der Waals surface area contributed by atoms with Crippen LogP contribution in [0.4, 0.5) is 0 Å². The van der Waals surface area contributed by atoms with Crippen LogP contribution in [0.2, 0.25) is 4.31 Å².